The summed E-state index contributed by atoms with van der Waals surface area (Å²) in [5, 5.41) is 0. The van der Waals surface area contributed by atoms with Crippen molar-refractivity contribution in [2.45, 2.75) is 30.7 Å². The number of sulfonamides is 1. The molecule has 0 aromatic heterocycles. The van der Waals surface area contributed by atoms with E-state index in [4.69, 9.17) is 4.74 Å². The molecule has 0 aliphatic carbocycles. The first-order chi connectivity index (χ1) is 8.49. The molecule has 1 aliphatic rings. The minimum atomic E-state index is -3.57. The van der Waals surface area contributed by atoms with Crippen molar-refractivity contribution in [3.05, 3.63) is 29.6 Å². The lowest BCUT2D eigenvalue weighted by Crippen LogP contribution is -2.38. The number of ether oxygens (including phenoxy) is 1. The minimum Gasteiger partial charge on any atom is -0.381 e. The van der Waals surface area contributed by atoms with Crippen molar-refractivity contribution < 1.29 is 17.5 Å². The Balaban J connectivity index is 2.16. The van der Waals surface area contributed by atoms with Gasteiger partial charge in [0.15, 0.2) is 0 Å². The molecule has 0 bridgehead atoms. The Labute approximate surface area is 106 Å². The summed E-state index contributed by atoms with van der Waals surface area (Å²) >= 11 is 0. The number of halogens is 1. The Morgan fingerprint density at radius 3 is 2.61 bits per heavy atom. The van der Waals surface area contributed by atoms with Crippen LogP contribution in [0.1, 0.15) is 18.4 Å². The first kappa shape index (κ1) is 13.5. The fourth-order valence-electron chi connectivity index (χ4n) is 1.89. The number of rotatable bonds is 3. The van der Waals surface area contributed by atoms with Crippen molar-refractivity contribution in [3.8, 4) is 0 Å². The third kappa shape index (κ3) is 3.07. The van der Waals surface area contributed by atoms with Crippen LogP contribution in [0.4, 0.5) is 4.39 Å². The van der Waals surface area contributed by atoms with E-state index in [2.05, 4.69) is 4.72 Å². The van der Waals surface area contributed by atoms with E-state index in [0.29, 0.717) is 31.6 Å². The van der Waals surface area contributed by atoms with Crippen LogP contribution in [0, 0.1) is 12.7 Å². The van der Waals surface area contributed by atoms with Crippen LogP contribution < -0.4 is 4.72 Å². The molecule has 1 fully saturated rings. The fourth-order valence-corrected chi connectivity index (χ4v) is 3.28. The second-order valence-electron chi connectivity index (χ2n) is 4.42. The van der Waals surface area contributed by atoms with E-state index in [9.17, 15) is 12.8 Å². The number of benzene rings is 1. The van der Waals surface area contributed by atoms with E-state index in [1.54, 1.807) is 6.92 Å². The lowest BCUT2D eigenvalue weighted by molar-refractivity contribution is 0.0832. The zero-order valence-electron chi connectivity index (χ0n) is 10.1. The van der Waals surface area contributed by atoms with Gasteiger partial charge in [-0.15, -0.1) is 0 Å². The van der Waals surface area contributed by atoms with Crippen molar-refractivity contribution in [3.63, 3.8) is 0 Å². The molecule has 100 valence electrons. The van der Waals surface area contributed by atoms with E-state index >= 15 is 0 Å². The molecule has 4 nitrogen and oxygen atoms in total. The molecule has 6 heteroatoms. The summed E-state index contributed by atoms with van der Waals surface area (Å²) in [5.41, 5.74) is 0.324. The molecule has 0 spiro atoms. The highest BCUT2D eigenvalue weighted by Gasteiger charge is 2.22. The van der Waals surface area contributed by atoms with E-state index < -0.39 is 15.8 Å². The second-order valence-corrected chi connectivity index (χ2v) is 6.13. The summed E-state index contributed by atoms with van der Waals surface area (Å²) < 4.78 is 45.1. The van der Waals surface area contributed by atoms with Crippen molar-refractivity contribution in [2.75, 3.05) is 13.2 Å². The van der Waals surface area contributed by atoms with E-state index in [1.165, 1.54) is 18.2 Å². The third-order valence-electron chi connectivity index (χ3n) is 2.98. The maximum Gasteiger partial charge on any atom is 0.240 e. The number of nitrogens with one attached hydrogen (secondary N) is 1. The number of hydrogen-bond donors (Lipinski definition) is 1. The molecule has 0 saturated carbocycles. The monoisotopic (exact) mass is 273 g/mol. The van der Waals surface area contributed by atoms with Gasteiger partial charge in [-0.1, -0.05) is 0 Å². The molecule has 0 amide bonds. The minimum absolute atomic E-state index is 0.103. The van der Waals surface area contributed by atoms with Gasteiger partial charge in [0, 0.05) is 19.3 Å². The smallest absolute Gasteiger partial charge is 0.240 e. The molecule has 2 rings (SSSR count). The third-order valence-corrected chi connectivity index (χ3v) is 4.50. The van der Waals surface area contributed by atoms with Gasteiger partial charge in [-0.3, -0.25) is 0 Å². The van der Waals surface area contributed by atoms with Gasteiger partial charge in [-0.05, 0) is 43.5 Å². The first-order valence-corrected chi connectivity index (χ1v) is 7.33. The standard InChI is InChI=1S/C12H16FNO3S/c1-9-8-11(2-3-12(9)13)18(15,16)14-10-4-6-17-7-5-10/h2-3,8,10,14H,4-7H2,1H3. The van der Waals surface area contributed by atoms with Crippen LogP contribution in [0.2, 0.25) is 0 Å². The fraction of sp³-hybridized carbons (Fsp3) is 0.500. The topological polar surface area (TPSA) is 55.4 Å². The Bertz CT molecular complexity index is 524. The predicted octanol–water partition coefficient (Wildman–Crippen LogP) is 1.59. The highest BCUT2D eigenvalue weighted by atomic mass is 32.2. The van der Waals surface area contributed by atoms with Gasteiger partial charge in [-0.2, -0.15) is 0 Å². The van der Waals surface area contributed by atoms with Crippen LogP contribution >= 0.6 is 0 Å². The highest BCUT2D eigenvalue weighted by Crippen LogP contribution is 2.16. The van der Waals surface area contributed by atoms with Crippen LogP contribution in [-0.4, -0.2) is 27.7 Å². The van der Waals surface area contributed by atoms with Gasteiger partial charge in [0.2, 0.25) is 10.0 Å². The van der Waals surface area contributed by atoms with Crippen molar-refractivity contribution in [1.82, 2.24) is 4.72 Å². The van der Waals surface area contributed by atoms with Crippen LogP contribution in [0.15, 0.2) is 23.1 Å². The molecule has 1 saturated heterocycles. The lowest BCUT2D eigenvalue weighted by Gasteiger charge is -2.23. The van der Waals surface area contributed by atoms with Gasteiger partial charge in [0.25, 0.3) is 0 Å². The van der Waals surface area contributed by atoms with E-state index in [1.807, 2.05) is 0 Å². The molecule has 1 aromatic rings. The van der Waals surface area contributed by atoms with Gasteiger partial charge in [0.05, 0.1) is 4.90 Å². The summed E-state index contributed by atoms with van der Waals surface area (Å²) in [4.78, 5) is 0.105. The van der Waals surface area contributed by atoms with Gasteiger partial charge in [0.1, 0.15) is 5.82 Å². The Morgan fingerprint density at radius 1 is 1.33 bits per heavy atom. The molecule has 18 heavy (non-hydrogen) atoms. The Morgan fingerprint density at radius 2 is 2.00 bits per heavy atom. The zero-order valence-corrected chi connectivity index (χ0v) is 11.0. The van der Waals surface area contributed by atoms with E-state index in [0.717, 1.165) is 0 Å². The van der Waals surface area contributed by atoms with Gasteiger partial charge >= 0.3 is 0 Å². The summed E-state index contributed by atoms with van der Waals surface area (Å²) in [6.45, 7) is 2.67. The molecule has 0 atom stereocenters. The molecule has 1 aromatic carbocycles. The van der Waals surface area contributed by atoms with Gasteiger partial charge < -0.3 is 4.74 Å². The Hall–Kier alpha value is -0.980. The molecule has 1 aliphatic heterocycles. The second kappa shape index (κ2) is 5.34. The molecular weight excluding hydrogens is 257 g/mol. The summed E-state index contributed by atoms with van der Waals surface area (Å²) in [5.74, 6) is -0.403. The average Bonchev–Trinajstić information content (AvgIpc) is 2.33. The van der Waals surface area contributed by atoms with Crippen molar-refractivity contribution in [2.24, 2.45) is 0 Å². The number of aryl methyl sites for hydroxylation is 1. The molecular formula is C12H16FNO3S. The predicted molar refractivity (Wildman–Crippen MR) is 65.3 cm³/mol. The normalized spacial score (nSPS) is 17.9. The highest BCUT2D eigenvalue weighted by molar-refractivity contribution is 7.89. The maximum absolute atomic E-state index is 13.1. The number of hydrogen-bond acceptors (Lipinski definition) is 3. The maximum atomic E-state index is 13.1. The first-order valence-electron chi connectivity index (χ1n) is 5.85. The van der Waals surface area contributed by atoms with Crippen LogP contribution in [0.25, 0.3) is 0 Å². The summed E-state index contributed by atoms with van der Waals surface area (Å²) in [6.07, 6.45) is 1.33. The molecule has 1 heterocycles. The SMILES string of the molecule is Cc1cc(S(=O)(=O)NC2CCOCC2)ccc1F. The van der Waals surface area contributed by atoms with Gasteiger partial charge in [-0.25, -0.2) is 17.5 Å². The molecule has 0 radical (unpaired) electrons. The van der Waals surface area contributed by atoms with Crippen molar-refractivity contribution >= 4 is 10.0 Å². The lowest BCUT2D eigenvalue weighted by atomic mass is 10.1. The molecule has 1 N–H and O–H groups in total. The quantitative estimate of drug-likeness (QED) is 0.910. The van der Waals surface area contributed by atoms with Crippen LogP contribution in [-0.2, 0) is 14.8 Å². The van der Waals surface area contributed by atoms with Crippen molar-refractivity contribution in [1.29, 1.82) is 0 Å². The van der Waals surface area contributed by atoms with E-state index in [-0.39, 0.29) is 10.9 Å². The van der Waals surface area contributed by atoms with Crippen LogP contribution in [0.5, 0.6) is 0 Å². The largest absolute Gasteiger partial charge is 0.381 e. The Kier molecular flexibility index (Phi) is 3.99. The zero-order chi connectivity index (χ0) is 13.2. The summed E-state index contributed by atoms with van der Waals surface area (Å²) in [7, 11) is -3.57. The average molecular weight is 273 g/mol. The molecule has 0 unspecified atom stereocenters. The van der Waals surface area contributed by atoms with Crippen LogP contribution in [0.3, 0.4) is 0 Å². The summed E-state index contributed by atoms with van der Waals surface area (Å²) in [6, 6.07) is 3.70.